The first kappa shape index (κ1) is 17.1. The second-order valence-electron chi connectivity index (χ2n) is 6.85. The molecule has 3 heterocycles. The van der Waals surface area contributed by atoms with Crippen LogP contribution >= 0.6 is 11.3 Å². The summed E-state index contributed by atoms with van der Waals surface area (Å²) in [4.78, 5) is 28.3. The molecule has 0 atom stereocenters. The van der Waals surface area contributed by atoms with Crippen LogP contribution in [0.5, 0.6) is 0 Å². The van der Waals surface area contributed by atoms with Gasteiger partial charge in [0.25, 0.3) is 0 Å². The van der Waals surface area contributed by atoms with E-state index in [0.717, 1.165) is 54.5 Å². The summed E-state index contributed by atoms with van der Waals surface area (Å²) in [5.74, 6) is 2.54. The van der Waals surface area contributed by atoms with Gasteiger partial charge in [0.1, 0.15) is 16.5 Å². The number of thiophene rings is 1. The number of rotatable bonds is 4. The molecule has 1 amide bonds. The van der Waals surface area contributed by atoms with Crippen molar-refractivity contribution in [1.29, 1.82) is 0 Å². The average Bonchev–Trinajstić information content (AvgIpc) is 2.96. The Labute approximate surface area is 147 Å². The first-order valence-electron chi connectivity index (χ1n) is 8.77. The van der Waals surface area contributed by atoms with E-state index in [1.807, 2.05) is 11.8 Å². The molecule has 2 aromatic rings. The third kappa shape index (κ3) is 3.53. The minimum absolute atomic E-state index is 0.275. The number of amides is 1. The van der Waals surface area contributed by atoms with E-state index in [4.69, 9.17) is 4.98 Å². The van der Waals surface area contributed by atoms with Crippen LogP contribution in [0.3, 0.4) is 0 Å². The number of aryl methyl sites for hydroxylation is 2. The number of fused-ring (bicyclic) bond motifs is 1. The molecule has 0 aliphatic carbocycles. The Hall–Kier alpha value is -1.69. The van der Waals surface area contributed by atoms with Gasteiger partial charge in [0.15, 0.2) is 0 Å². The zero-order valence-corrected chi connectivity index (χ0v) is 15.8. The Morgan fingerprint density at radius 3 is 2.58 bits per heavy atom. The van der Waals surface area contributed by atoms with Gasteiger partial charge in [0.05, 0.1) is 5.39 Å². The van der Waals surface area contributed by atoms with E-state index in [-0.39, 0.29) is 5.91 Å². The van der Waals surface area contributed by atoms with E-state index in [9.17, 15) is 4.79 Å². The topological polar surface area (TPSA) is 49.3 Å². The average molecular weight is 346 g/mol. The third-order valence-corrected chi connectivity index (χ3v) is 5.57. The Bertz CT molecular complexity index is 732. The minimum Gasteiger partial charge on any atom is -0.352 e. The van der Waals surface area contributed by atoms with Crippen molar-refractivity contribution in [3.8, 4) is 0 Å². The van der Waals surface area contributed by atoms with Crippen molar-refractivity contribution in [3.05, 3.63) is 16.8 Å². The third-order valence-electron chi connectivity index (χ3n) is 4.40. The van der Waals surface area contributed by atoms with Crippen molar-refractivity contribution >= 4 is 33.3 Å². The van der Waals surface area contributed by atoms with Crippen LogP contribution in [0.2, 0.25) is 0 Å². The van der Waals surface area contributed by atoms with Crippen LogP contribution in [0.15, 0.2) is 6.07 Å². The van der Waals surface area contributed by atoms with Gasteiger partial charge < -0.3 is 9.80 Å². The summed E-state index contributed by atoms with van der Waals surface area (Å²) < 4.78 is 0. The van der Waals surface area contributed by atoms with Gasteiger partial charge in [-0.2, -0.15) is 0 Å². The van der Waals surface area contributed by atoms with E-state index in [1.54, 1.807) is 11.3 Å². The highest BCUT2D eigenvalue weighted by atomic mass is 32.1. The molecule has 1 fully saturated rings. The lowest BCUT2D eigenvalue weighted by Crippen LogP contribution is -2.49. The second-order valence-corrected chi connectivity index (χ2v) is 7.96. The number of anilines is 1. The normalized spacial score (nSPS) is 15.5. The fourth-order valence-electron chi connectivity index (χ4n) is 3.12. The van der Waals surface area contributed by atoms with Crippen molar-refractivity contribution in [2.45, 2.75) is 40.5 Å². The SMILES string of the molecule is CCc1cc2c(N3CCN(C(=O)CC(C)C)CC3)nc(C)nc2s1. The lowest BCUT2D eigenvalue weighted by molar-refractivity contribution is -0.132. The lowest BCUT2D eigenvalue weighted by Gasteiger charge is -2.36. The van der Waals surface area contributed by atoms with E-state index in [0.29, 0.717) is 12.3 Å². The monoisotopic (exact) mass is 346 g/mol. The van der Waals surface area contributed by atoms with Gasteiger partial charge in [-0.15, -0.1) is 11.3 Å². The van der Waals surface area contributed by atoms with Gasteiger partial charge in [0.2, 0.25) is 5.91 Å². The first-order chi connectivity index (χ1) is 11.5. The number of nitrogens with zero attached hydrogens (tertiary/aromatic N) is 4. The molecule has 0 N–H and O–H groups in total. The number of aromatic nitrogens is 2. The highest BCUT2D eigenvalue weighted by molar-refractivity contribution is 7.18. The standard InChI is InChI=1S/C18H26N4OS/c1-5-14-11-15-17(19-13(4)20-18(15)24-14)22-8-6-21(7-9-22)16(23)10-12(2)3/h11-12H,5-10H2,1-4H3. The van der Waals surface area contributed by atoms with Crippen LogP contribution in [0.25, 0.3) is 10.2 Å². The first-order valence-corrected chi connectivity index (χ1v) is 9.59. The molecule has 6 heteroatoms. The van der Waals surface area contributed by atoms with Crippen molar-refractivity contribution in [1.82, 2.24) is 14.9 Å². The Balaban J connectivity index is 1.78. The molecule has 1 aliphatic heterocycles. The van der Waals surface area contributed by atoms with Crippen LogP contribution in [0.4, 0.5) is 5.82 Å². The fourth-order valence-corrected chi connectivity index (χ4v) is 4.13. The Kier molecular flexibility index (Phi) is 5.04. The van der Waals surface area contributed by atoms with Crippen LogP contribution < -0.4 is 4.90 Å². The van der Waals surface area contributed by atoms with Crippen molar-refractivity contribution in [2.75, 3.05) is 31.1 Å². The summed E-state index contributed by atoms with van der Waals surface area (Å²) in [6.45, 7) is 11.6. The van der Waals surface area contributed by atoms with Gasteiger partial charge in [-0.1, -0.05) is 20.8 Å². The number of carbonyl (C=O) groups is 1. The maximum atomic E-state index is 12.2. The fraction of sp³-hybridized carbons (Fsp3) is 0.611. The van der Waals surface area contributed by atoms with Gasteiger partial charge in [-0.05, 0) is 25.3 Å². The smallest absolute Gasteiger partial charge is 0.222 e. The zero-order valence-electron chi connectivity index (χ0n) is 15.0. The Morgan fingerprint density at radius 1 is 1.25 bits per heavy atom. The van der Waals surface area contributed by atoms with Crippen molar-refractivity contribution in [2.24, 2.45) is 5.92 Å². The molecular formula is C18H26N4OS. The van der Waals surface area contributed by atoms with Gasteiger partial charge in [-0.3, -0.25) is 4.79 Å². The minimum atomic E-state index is 0.275. The molecule has 0 unspecified atom stereocenters. The quantitative estimate of drug-likeness (QED) is 0.853. The van der Waals surface area contributed by atoms with Gasteiger partial charge in [-0.25, -0.2) is 9.97 Å². The van der Waals surface area contributed by atoms with E-state index in [1.165, 1.54) is 4.88 Å². The van der Waals surface area contributed by atoms with E-state index < -0.39 is 0 Å². The second kappa shape index (κ2) is 7.05. The van der Waals surface area contributed by atoms with Gasteiger partial charge >= 0.3 is 0 Å². The van der Waals surface area contributed by atoms with Gasteiger partial charge in [0, 0.05) is 37.5 Å². The predicted octanol–water partition coefficient (Wildman–Crippen LogP) is 3.26. The molecule has 130 valence electrons. The molecule has 0 bridgehead atoms. The van der Waals surface area contributed by atoms with E-state index in [2.05, 4.69) is 36.7 Å². The molecule has 0 aromatic carbocycles. The maximum Gasteiger partial charge on any atom is 0.222 e. The lowest BCUT2D eigenvalue weighted by atomic mass is 10.1. The van der Waals surface area contributed by atoms with Crippen LogP contribution in [-0.4, -0.2) is 47.0 Å². The molecule has 1 saturated heterocycles. The molecular weight excluding hydrogens is 320 g/mol. The molecule has 1 aliphatic rings. The summed E-state index contributed by atoms with van der Waals surface area (Å²) in [6.07, 6.45) is 1.66. The summed E-state index contributed by atoms with van der Waals surface area (Å²) in [5.41, 5.74) is 0. The van der Waals surface area contributed by atoms with Crippen molar-refractivity contribution in [3.63, 3.8) is 0 Å². The predicted molar refractivity (Wildman–Crippen MR) is 99.8 cm³/mol. The zero-order chi connectivity index (χ0) is 17.3. The highest BCUT2D eigenvalue weighted by Crippen LogP contribution is 2.31. The Morgan fingerprint density at radius 2 is 1.96 bits per heavy atom. The highest BCUT2D eigenvalue weighted by Gasteiger charge is 2.24. The van der Waals surface area contributed by atoms with Crippen molar-refractivity contribution < 1.29 is 4.79 Å². The summed E-state index contributed by atoms with van der Waals surface area (Å²) in [7, 11) is 0. The number of carbonyl (C=O) groups excluding carboxylic acids is 1. The molecule has 5 nitrogen and oxygen atoms in total. The molecule has 2 aromatic heterocycles. The summed E-state index contributed by atoms with van der Waals surface area (Å²) in [5, 5.41) is 1.16. The molecule has 3 rings (SSSR count). The number of piperazine rings is 1. The molecule has 0 saturated carbocycles. The van der Waals surface area contributed by atoms with Crippen LogP contribution in [-0.2, 0) is 11.2 Å². The van der Waals surface area contributed by atoms with Crippen LogP contribution in [0, 0.1) is 12.8 Å². The summed E-state index contributed by atoms with van der Waals surface area (Å²) >= 11 is 1.76. The van der Waals surface area contributed by atoms with E-state index >= 15 is 0 Å². The largest absolute Gasteiger partial charge is 0.352 e. The van der Waals surface area contributed by atoms with Crippen LogP contribution in [0.1, 0.15) is 37.9 Å². The molecule has 0 spiro atoms. The number of hydrogen-bond acceptors (Lipinski definition) is 5. The molecule has 24 heavy (non-hydrogen) atoms. The maximum absolute atomic E-state index is 12.2. The number of hydrogen-bond donors (Lipinski definition) is 0. The summed E-state index contributed by atoms with van der Waals surface area (Å²) in [6, 6.07) is 2.23. The molecule has 0 radical (unpaired) electrons.